The topological polar surface area (TPSA) is 27.0 Å². The highest BCUT2D eigenvalue weighted by Gasteiger charge is 2.02. The van der Waals surface area contributed by atoms with Crippen LogP contribution >= 0.6 is 0 Å². The zero-order valence-electron chi connectivity index (χ0n) is 6.81. The van der Waals surface area contributed by atoms with Gasteiger partial charge in [-0.15, -0.1) is 0 Å². The molecule has 0 bridgehead atoms. The average molecular weight is 129 g/mol. The molecule has 0 saturated carbocycles. The van der Waals surface area contributed by atoms with Crippen molar-refractivity contribution < 1.29 is 0 Å². The van der Waals surface area contributed by atoms with E-state index in [1.807, 2.05) is 13.8 Å². The van der Waals surface area contributed by atoms with Crippen molar-refractivity contribution in [1.29, 1.82) is 0 Å². The Kier molecular flexibility index (Phi) is 3.82. The molecule has 9 heavy (non-hydrogen) atoms. The third-order valence-corrected chi connectivity index (χ3v) is 1.62. The number of nitrogens with zero attached hydrogens (tertiary/aromatic N) is 1. The Labute approximate surface area is 58.0 Å². The Morgan fingerprint density at radius 2 is 1.78 bits per heavy atom. The summed E-state index contributed by atoms with van der Waals surface area (Å²) in [6.45, 7) is 8.26. The van der Waals surface area contributed by atoms with Crippen LogP contribution in [0, 0.1) is 0 Å². The van der Waals surface area contributed by atoms with E-state index in [0.29, 0.717) is 12.1 Å². The molecular formula is C7H17N2-. The van der Waals surface area contributed by atoms with Crippen molar-refractivity contribution in [3.05, 3.63) is 5.84 Å². The zero-order chi connectivity index (χ0) is 7.44. The molecule has 0 aliphatic rings. The Balaban J connectivity index is 3.58. The molecule has 0 amide bonds. The minimum Gasteiger partial charge on any atom is -0.609 e. The van der Waals surface area contributed by atoms with E-state index in [1.165, 1.54) is 0 Å². The summed E-state index contributed by atoms with van der Waals surface area (Å²) in [5.74, 6) is 7.47. The van der Waals surface area contributed by atoms with Crippen LogP contribution in [0.4, 0.5) is 0 Å². The van der Waals surface area contributed by atoms with Crippen molar-refractivity contribution in [3.8, 4) is 0 Å². The molecule has 56 valence electrons. The van der Waals surface area contributed by atoms with Gasteiger partial charge in [-0.05, 0) is 18.5 Å². The molecule has 0 aromatic carbocycles. The lowest BCUT2D eigenvalue weighted by atomic mass is 10.2. The van der Waals surface area contributed by atoms with E-state index in [9.17, 15) is 0 Å². The van der Waals surface area contributed by atoms with Crippen molar-refractivity contribution in [2.45, 2.75) is 46.2 Å². The summed E-state index contributed by atoms with van der Waals surface area (Å²) >= 11 is 0. The maximum Gasteiger partial charge on any atom is -0.0109 e. The van der Waals surface area contributed by atoms with Gasteiger partial charge in [0, 0.05) is 0 Å². The van der Waals surface area contributed by atoms with Crippen LogP contribution in [0.1, 0.15) is 34.1 Å². The van der Waals surface area contributed by atoms with Crippen LogP contribution in [0.3, 0.4) is 0 Å². The van der Waals surface area contributed by atoms with Gasteiger partial charge in [-0.1, -0.05) is 27.7 Å². The largest absolute Gasteiger partial charge is 0.609 e. The van der Waals surface area contributed by atoms with Crippen molar-refractivity contribution >= 4 is 0 Å². The second kappa shape index (κ2) is 3.85. The number of hydrogen-bond acceptors (Lipinski definition) is 1. The molecule has 0 aliphatic heterocycles. The third-order valence-electron chi connectivity index (χ3n) is 1.62. The Morgan fingerprint density at radius 1 is 1.33 bits per heavy atom. The fraction of sp³-hybridized carbons (Fsp3) is 1.00. The van der Waals surface area contributed by atoms with Gasteiger partial charge < -0.3 is 10.9 Å². The summed E-state index contributed by atoms with van der Waals surface area (Å²) in [5.41, 5.74) is 0. The highest BCUT2D eigenvalue weighted by Crippen LogP contribution is 2.06. The summed E-state index contributed by atoms with van der Waals surface area (Å²) in [4.78, 5) is 0. The first-order valence-electron chi connectivity index (χ1n) is 3.59. The summed E-state index contributed by atoms with van der Waals surface area (Å²) in [6, 6.07) is 0.741. The van der Waals surface area contributed by atoms with Crippen LogP contribution in [0.15, 0.2) is 0 Å². The minimum absolute atomic E-state index is 0.347. The van der Waals surface area contributed by atoms with Gasteiger partial charge >= 0.3 is 0 Å². The van der Waals surface area contributed by atoms with Crippen LogP contribution in [0.5, 0.6) is 0 Å². The minimum atomic E-state index is 0.347. The molecule has 2 nitrogen and oxygen atoms in total. The summed E-state index contributed by atoms with van der Waals surface area (Å²) in [7, 11) is 0. The lowest BCUT2D eigenvalue weighted by molar-refractivity contribution is 0.237. The average Bonchev–Trinajstić information content (AvgIpc) is 1.84. The standard InChI is InChI=1S/C7H17N2/c1-5-7(4)9(8)6(2)3/h6-8H,5H2,1-4H3/q-1. The Morgan fingerprint density at radius 3 is 1.89 bits per heavy atom. The molecule has 1 N–H and O–H groups in total. The molecule has 0 aromatic rings. The summed E-state index contributed by atoms with van der Waals surface area (Å²) in [5, 5.41) is 1.64. The molecule has 0 radical (unpaired) electrons. The second-order valence-corrected chi connectivity index (χ2v) is 2.76. The fourth-order valence-corrected chi connectivity index (χ4v) is 0.706. The van der Waals surface area contributed by atoms with Crippen molar-refractivity contribution in [1.82, 2.24) is 5.01 Å². The molecule has 1 unspecified atom stereocenters. The van der Waals surface area contributed by atoms with Crippen LogP contribution in [-0.2, 0) is 0 Å². The van der Waals surface area contributed by atoms with Crippen LogP contribution in [0.2, 0.25) is 0 Å². The van der Waals surface area contributed by atoms with Crippen molar-refractivity contribution in [3.63, 3.8) is 0 Å². The maximum absolute atomic E-state index is 7.47. The Hall–Kier alpha value is -0.0800. The van der Waals surface area contributed by atoms with Gasteiger partial charge in [0.15, 0.2) is 0 Å². The van der Waals surface area contributed by atoms with Gasteiger partial charge in [0.1, 0.15) is 0 Å². The third kappa shape index (κ3) is 2.82. The van der Waals surface area contributed by atoms with Crippen LogP contribution < -0.4 is 0 Å². The molecule has 1 atom stereocenters. The lowest BCUT2D eigenvalue weighted by Gasteiger charge is -2.36. The van der Waals surface area contributed by atoms with E-state index in [4.69, 9.17) is 5.84 Å². The van der Waals surface area contributed by atoms with E-state index in [1.54, 1.807) is 5.01 Å². The second-order valence-electron chi connectivity index (χ2n) is 2.76. The monoisotopic (exact) mass is 129 g/mol. The van der Waals surface area contributed by atoms with Gasteiger partial charge in [0.25, 0.3) is 0 Å². The fourth-order valence-electron chi connectivity index (χ4n) is 0.706. The van der Waals surface area contributed by atoms with Crippen molar-refractivity contribution in [2.75, 3.05) is 0 Å². The van der Waals surface area contributed by atoms with Gasteiger partial charge in [-0.25, -0.2) is 0 Å². The van der Waals surface area contributed by atoms with Gasteiger partial charge in [0.05, 0.1) is 0 Å². The molecule has 0 heterocycles. The first kappa shape index (κ1) is 8.92. The number of rotatable bonds is 3. The molecule has 0 saturated heterocycles. The highest BCUT2D eigenvalue weighted by atomic mass is 15.4. The summed E-state index contributed by atoms with van der Waals surface area (Å²) < 4.78 is 0. The Bertz CT molecular complexity index is 71.3. The van der Waals surface area contributed by atoms with Gasteiger partial charge in [-0.2, -0.15) is 0 Å². The smallest absolute Gasteiger partial charge is 0.0109 e. The first-order valence-corrected chi connectivity index (χ1v) is 3.59. The first-order chi connectivity index (χ1) is 4.09. The molecule has 2 heteroatoms. The molecule has 0 spiro atoms. The van der Waals surface area contributed by atoms with Gasteiger partial charge in [-0.3, -0.25) is 0 Å². The van der Waals surface area contributed by atoms with Crippen LogP contribution in [0.25, 0.3) is 5.84 Å². The van der Waals surface area contributed by atoms with E-state index < -0.39 is 0 Å². The zero-order valence-corrected chi connectivity index (χ0v) is 6.81. The normalized spacial score (nSPS) is 15.0. The van der Waals surface area contributed by atoms with E-state index in [2.05, 4.69) is 13.8 Å². The number of nitrogens with one attached hydrogen (secondary N) is 1. The predicted octanol–water partition coefficient (Wildman–Crippen LogP) is 2.46. The molecule has 0 rings (SSSR count). The van der Waals surface area contributed by atoms with E-state index >= 15 is 0 Å². The molecule has 0 aliphatic carbocycles. The highest BCUT2D eigenvalue weighted by molar-refractivity contribution is 4.68. The lowest BCUT2D eigenvalue weighted by Crippen LogP contribution is -2.31. The van der Waals surface area contributed by atoms with Gasteiger partial charge in [0.2, 0.25) is 0 Å². The molecular weight excluding hydrogens is 112 g/mol. The van der Waals surface area contributed by atoms with E-state index in [-0.39, 0.29) is 0 Å². The SMILES string of the molecule is CCC(C)N([NH-])C(C)C. The van der Waals surface area contributed by atoms with Crippen LogP contribution in [-0.4, -0.2) is 17.1 Å². The van der Waals surface area contributed by atoms with E-state index in [0.717, 1.165) is 6.42 Å². The summed E-state index contributed by atoms with van der Waals surface area (Å²) in [6.07, 6.45) is 1.06. The van der Waals surface area contributed by atoms with Crippen molar-refractivity contribution in [2.24, 2.45) is 0 Å². The quantitative estimate of drug-likeness (QED) is 0.538. The molecule has 0 aromatic heterocycles. The number of hydrogen-bond donors (Lipinski definition) is 0. The maximum atomic E-state index is 7.47. The predicted molar refractivity (Wildman–Crippen MR) is 41.0 cm³/mol. The molecule has 0 fully saturated rings.